The maximum absolute atomic E-state index is 13.4. The third-order valence-corrected chi connectivity index (χ3v) is 14.3. The summed E-state index contributed by atoms with van der Waals surface area (Å²) in [5.74, 6) is 0.273. The van der Waals surface area contributed by atoms with Crippen molar-refractivity contribution in [2.75, 3.05) is 7.11 Å². The predicted molar refractivity (Wildman–Crippen MR) is 115 cm³/mol. The molecule has 4 nitrogen and oxygen atoms in total. The normalized spacial score (nSPS) is 33.3. The van der Waals surface area contributed by atoms with Gasteiger partial charge in [0.2, 0.25) is 0 Å². The van der Waals surface area contributed by atoms with Gasteiger partial charge in [0, 0.05) is 17.4 Å². The Morgan fingerprint density at radius 1 is 1.11 bits per heavy atom. The Labute approximate surface area is 172 Å². The van der Waals surface area contributed by atoms with E-state index in [9.17, 15) is 9.59 Å². The van der Waals surface area contributed by atoms with Crippen LogP contribution in [0.5, 0.6) is 0 Å². The number of fused-ring (bicyclic) bond motifs is 1. The van der Waals surface area contributed by atoms with Crippen molar-refractivity contribution in [2.24, 2.45) is 22.7 Å². The summed E-state index contributed by atoms with van der Waals surface area (Å²) in [5, 5.41) is 0. The lowest BCUT2D eigenvalue weighted by Gasteiger charge is -2.53. The molecule has 0 amide bonds. The van der Waals surface area contributed by atoms with Crippen LogP contribution in [0.3, 0.4) is 0 Å². The number of ketones is 1. The molecule has 160 valence electrons. The fraction of sp³-hybridized carbons (Fsp3) is 0.826. The van der Waals surface area contributed by atoms with Gasteiger partial charge in [-0.05, 0) is 35.4 Å². The second kappa shape index (κ2) is 7.62. The topological polar surface area (TPSA) is 52.6 Å². The van der Waals surface area contributed by atoms with Gasteiger partial charge in [-0.2, -0.15) is 0 Å². The quantitative estimate of drug-likeness (QED) is 0.407. The van der Waals surface area contributed by atoms with Crippen molar-refractivity contribution in [1.29, 1.82) is 0 Å². The minimum absolute atomic E-state index is 0.0740. The van der Waals surface area contributed by atoms with Gasteiger partial charge >= 0.3 is 5.97 Å². The lowest BCUT2D eigenvalue weighted by atomic mass is 9.54. The van der Waals surface area contributed by atoms with Gasteiger partial charge in [-0.1, -0.05) is 62.3 Å². The van der Waals surface area contributed by atoms with Gasteiger partial charge in [0.25, 0.3) is 8.32 Å². The molecule has 0 bridgehead atoms. The highest BCUT2D eigenvalue weighted by Crippen LogP contribution is 2.67. The van der Waals surface area contributed by atoms with Crippen molar-refractivity contribution in [3.05, 3.63) is 11.8 Å². The summed E-state index contributed by atoms with van der Waals surface area (Å²) in [7, 11) is -0.865. The molecule has 2 aliphatic carbocycles. The molecule has 4 atom stereocenters. The Bertz CT molecular complexity index is 644. The summed E-state index contributed by atoms with van der Waals surface area (Å²) in [4.78, 5) is 26.4. The van der Waals surface area contributed by atoms with Gasteiger partial charge in [0.15, 0.2) is 5.78 Å². The highest BCUT2D eigenvalue weighted by atomic mass is 28.4. The minimum atomic E-state index is -2.32. The van der Waals surface area contributed by atoms with E-state index in [1.165, 1.54) is 7.11 Å². The molecule has 1 fully saturated rings. The third kappa shape index (κ3) is 2.83. The number of hydrogen-bond donors (Lipinski definition) is 0. The molecule has 0 aromatic rings. The molecule has 1 saturated carbocycles. The summed E-state index contributed by atoms with van der Waals surface area (Å²) in [5.41, 5.74) is -0.279. The number of allylic oxidation sites excluding steroid dienone is 1. The Morgan fingerprint density at radius 3 is 2.04 bits per heavy atom. The van der Waals surface area contributed by atoms with Crippen LogP contribution in [0.15, 0.2) is 11.8 Å². The maximum atomic E-state index is 13.4. The lowest BCUT2D eigenvalue weighted by molar-refractivity contribution is -0.166. The number of esters is 1. The molecule has 2 aliphatic rings. The molecule has 0 unspecified atom stereocenters. The molecule has 0 spiro atoms. The first-order valence-corrected chi connectivity index (χ1v) is 13.0. The molecule has 0 N–H and O–H groups in total. The number of hydrogen-bond acceptors (Lipinski definition) is 4. The van der Waals surface area contributed by atoms with Crippen LogP contribution < -0.4 is 0 Å². The van der Waals surface area contributed by atoms with Crippen LogP contribution in [-0.2, 0) is 18.8 Å². The fourth-order valence-corrected chi connectivity index (χ4v) is 11.9. The molecule has 0 heterocycles. The summed E-state index contributed by atoms with van der Waals surface area (Å²) in [6, 6.07) is 0. The minimum Gasteiger partial charge on any atom is -0.545 e. The van der Waals surface area contributed by atoms with E-state index < -0.39 is 19.1 Å². The summed E-state index contributed by atoms with van der Waals surface area (Å²) in [6.07, 6.45) is 3.38. The van der Waals surface area contributed by atoms with E-state index in [1.54, 1.807) is 6.08 Å². The highest BCUT2D eigenvalue weighted by Gasteiger charge is 2.70. The van der Waals surface area contributed by atoms with Gasteiger partial charge < -0.3 is 9.16 Å². The second-order valence-electron chi connectivity index (χ2n) is 10.2. The fourth-order valence-electron chi connectivity index (χ4n) is 6.61. The summed E-state index contributed by atoms with van der Waals surface area (Å²) in [6.45, 7) is 19.5. The van der Waals surface area contributed by atoms with E-state index >= 15 is 0 Å². The van der Waals surface area contributed by atoms with Crippen molar-refractivity contribution < 1.29 is 18.8 Å². The molecule has 5 heteroatoms. The van der Waals surface area contributed by atoms with Crippen molar-refractivity contribution in [3.63, 3.8) is 0 Å². The van der Waals surface area contributed by atoms with Crippen LogP contribution in [0, 0.1) is 22.7 Å². The maximum Gasteiger partial charge on any atom is 0.320 e. The van der Waals surface area contributed by atoms with E-state index in [1.807, 2.05) is 6.92 Å². The molecular weight excluding hydrogens is 368 g/mol. The van der Waals surface area contributed by atoms with Crippen molar-refractivity contribution in [1.82, 2.24) is 0 Å². The zero-order valence-electron chi connectivity index (χ0n) is 19.5. The van der Waals surface area contributed by atoms with Crippen molar-refractivity contribution in [3.8, 4) is 0 Å². The Kier molecular flexibility index (Phi) is 6.31. The first-order chi connectivity index (χ1) is 12.8. The first kappa shape index (κ1) is 23.2. The SMILES string of the molecule is COC(=O)[C@]12C(O[Si](C(C)C)(C(C)C)C(C)C)=CC(=O)[C@H](C)[C@@]1(C)CC[C@@H]2C. The molecule has 28 heavy (non-hydrogen) atoms. The largest absolute Gasteiger partial charge is 0.545 e. The predicted octanol–water partition coefficient (Wildman–Crippen LogP) is 5.88. The zero-order chi connectivity index (χ0) is 21.7. The number of ether oxygens (including phenoxy) is 1. The Morgan fingerprint density at radius 2 is 1.61 bits per heavy atom. The molecule has 0 radical (unpaired) electrons. The smallest absolute Gasteiger partial charge is 0.320 e. The van der Waals surface area contributed by atoms with Crippen LogP contribution in [0.1, 0.15) is 75.2 Å². The standard InChI is InChI=1S/C23H40O4Si/c1-14(2)28(15(3)4,16(5)6)27-20-13-19(24)18(8)22(9)12-11-17(7)23(20,22)21(25)26-10/h13-18H,11-12H2,1-10H3/t17-,18-,22+,23-/m0/s1. The lowest BCUT2D eigenvalue weighted by Crippen LogP contribution is -2.58. The van der Waals surface area contributed by atoms with Crippen molar-refractivity contribution >= 4 is 20.1 Å². The number of carbonyl (C=O) groups is 2. The monoisotopic (exact) mass is 408 g/mol. The van der Waals surface area contributed by atoms with Gasteiger partial charge in [0.1, 0.15) is 11.2 Å². The first-order valence-electron chi connectivity index (χ1n) is 10.9. The number of rotatable bonds is 6. The molecule has 0 saturated heterocycles. The second-order valence-corrected chi connectivity index (χ2v) is 15.6. The van der Waals surface area contributed by atoms with Crippen molar-refractivity contribution in [2.45, 2.75) is 91.8 Å². The Balaban J connectivity index is 2.77. The molecular formula is C23H40O4Si. The molecule has 0 aromatic heterocycles. The van der Waals surface area contributed by atoms with E-state index in [-0.39, 0.29) is 23.6 Å². The van der Waals surface area contributed by atoms with Gasteiger partial charge in [-0.3, -0.25) is 9.59 Å². The van der Waals surface area contributed by atoms with Crippen LogP contribution >= 0.6 is 0 Å². The molecule has 0 aromatic carbocycles. The van der Waals surface area contributed by atoms with Crippen LogP contribution in [0.2, 0.25) is 16.6 Å². The highest BCUT2D eigenvalue weighted by molar-refractivity contribution is 6.78. The summed E-state index contributed by atoms with van der Waals surface area (Å²) >= 11 is 0. The van der Waals surface area contributed by atoms with Gasteiger partial charge in [0.05, 0.1) is 7.11 Å². The van der Waals surface area contributed by atoms with E-state index in [0.717, 1.165) is 12.8 Å². The third-order valence-electron chi connectivity index (χ3n) is 8.28. The van der Waals surface area contributed by atoms with Crippen LogP contribution in [0.4, 0.5) is 0 Å². The Hall–Kier alpha value is -1.10. The summed E-state index contributed by atoms with van der Waals surface area (Å²) < 4.78 is 12.4. The van der Waals surface area contributed by atoms with Crippen LogP contribution in [0.25, 0.3) is 0 Å². The number of methoxy groups -OCH3 is 1. The number of carbonyl (C=O) groups excluding carboxylic acids is 2. The van der Waals surface area contributed by atoms with E-state index in [2.05, 4.69) is 55.4 Å². The van der Waals surface area contributed by atoms with E-state index in [4.69, 9.17) is 9.16 Å². The van der Waals surface area contributed by atoms with Gasteiger partial charge in [-0.25, -0.2) is 0 Å². The zero-order valence-corrected chi connectivity index (χ0v) is 20.5. The molecule has 0 aliphatic heterocycles. The van der Waals surface area contributed by atoms with E-state index in [0.29, 0.717) is 22.4 Å². The van der Waals surface area contributed by atoms with Gasteiger partial charge in [-0.15, -0.1) is 0 Å². The average Bonchev–Trinajstić information content (AvgIpc) is 2.88. The molecule has 2 rings (SSSR count). The average molecular weight is 409 g/mol. The van der Waals surface area contributed by atoms with Crippen LogP contribution in [-0.4, -0.2) is 27.2 Å².